The van der Waals surface area contributed by atoms with Crippen molar-refractivity contribution in [3.8, 4) is 10.6 Å². The second kappa shape index (κ2) is 7.68. The number of hydrogen-bond donors (Lipinski definition) is 1. The number of para-hydroxylation sites is 1. The maximum atomic E-state index is 12.5. The van der Waals surface area contributed by atoms with Crippen LogP contribution in [0.1, 0.15) is 23.2 Å². The molecule has 30 heavy (non-hydrogen) atoms. The molecule has 7 heteroatoms. The lowest BCUT2D eigenvalue weighted by Gasteiger charge is -2.15. The van der Waals surface area contributed by atoms with Crippen molar-refractivity contribution in [1.82, 2.24) is 9.97 Å². The molecule has 148 valence electrons. The topological polar surface area (TPSA) is 75.2 Å². The summed E-state index contributed by atoms with van der Waals surface area (Å²) < 4.78 is 1.13. The van der Waals surface area contributed by atoms with Gasteiger partial charge in [0.15, 0.2) is 0 Å². The van der Waals surface area contributed by atoms with Crippen LogP contribution in [0.5, 0.6) is 0 Å². The quantitative estimate of drug-likeness (QED) is 0.523. The molecular formula is C23H18N4O2S. The second-order valence-electron chi connectivity index (χ2n) is 7.07. The van der Waals surface area contributed by atoms with E-state index in [0.29, 0.717) is 17.8 Å². The Kier molecular flexibility index (Phi) is 4.72. The Morgan fingerprint density at radius 3 is 2.57 bits per heavy atom. The van der Waals surface area contributed by atoms with Crippen LogP contribution >= 0.6 is 11.3 Å². The fraction of sp³-hybridized carbons (Fsp3) is 0.130. The molecule has 0 radical (unpaired) electrons. The molecule has 6 nitrogen and oxygen atoms in total. The first-order chi connectivity index (χ1) is 14.7. The third kappa shape index (κ3) is 3.55. The van der Waals surface area contributed by atoms with Crippen LogP contribution in [0, 0.1) is 0 Å². The highest BCUT2D eigenvalue weighted by Crippen LogP contribution is 2.30. The van der Waals surface area contributed by atoms with Crippen molar-refractivity contribution >= 4 is 44.9 Å². The number of aromatic nitrogens is 2. The summed E-state index contributed by atoms with van der Waals surface area (Å²) in [5, 5.41) is 3.71. The number of fused-ring (bicyclic) bond motifs is 1. The fourth-order valence-electron chi connectivity index (χ4n) is 3.49. The van der Waals surface area contributed by atoms with Gasteiger partial charge in [0, 0.05) is 36.0 Å². The third-order valence-corrected chi connectivity index (χ3v) is 6.15. The van der Waals surface area contributed by atoms with E-state index in [1.54, 1.807) is 40.6 Å². The summed E-state index contributed by atoms with van der Waals surface area (Å²) >= 11 is 1.61. The fourth-order valence-corrected chi connectivity index (χ4v) is 4.45. The maximum absolute atomic E-state index is 12.5. The SMILES string of the molecule is O=C(Nc1ccc(-c2nc3ccccc3s2)cn1)c1ccc(N2CCCC2=O)cc1. The van der Waals surface area contributed by atoms with E-state index >= 15 is 0 Å². The van der Waals surface area contributed by atoms with Crippen molar-refractivity contribution in [3.63, 3.8) is 0 Å². The zero-order chi connectivity index (χ0) is 20.5. The minimum absolute atomic E-state index is 0.129. The van der Waals surface area contributed by atoms with Gasteiger partial charge in [-0.1, -0.05) is 12.1 Å². The number of hydrogen-bond acceptors (Lipinski definition) is 5. The highest BCUT2D eigenvalue weighted by molar-refractivity contribution is 7.21. The lowest BCUT2D eigenvalue weighted by atomic mass is 10.2. The molecule has 2 aromatic heterocycles. The molecule has 0 bridgehead atoms. The van der Waals surface area contributed by atoms with Crippen molar-refractivity contribution in [2.45, 2.75) is 12.8 Å². The van der Waals surface area contributed by atoms with Crippen molar-refractivity contribution < 1.29 is 9.59 Å². The Bertz CT molecular complexity index is 1200. The van der Waals surface area contributed by atoms with Crippen LogP contribution in [0.4, 0.5) is 11.5 Å². The molecule has 0 spiro atoms. The van der Waals surface area contributed by atoms with Gasteiger partial charge < -0.3 is 10.2 Å². The van der Waals surface area contributed by atoms with Crippen LogP contribution in [0.15, 0.2) is 66.9 Å². The van der Waals surface area contributed by atoms with Gasteiger partial charge in [0.1, 0.15) is 10.8 Å². The van der Waals surface area contributed by atoms with Crippen LogP contribution in [0.2, 0.25) is 0 Å². The first kappa shape index (κ1) is 18.4. The Morgan fingerprint density at radius 2 is 1.87 bits per heavy atom. The van der Waals surface area contributed by atoms with Gasteiger partial charge in [0.25, 0.3) is 5.91 Å². The second-order valence-corrected chi connectivity index (χ2v) is 8.10. The number of pyridine rings is 1. The van der Waals surface area contributed by atoms with Gasteiger partial charge in [-0.25, -0.2) is 9.97 Å². The lowest BCUT2D eigenvalue weighted by molar-refractivity contribution is -0.117. The molecule has 1 saturated heterocycles. The normalized spacial score (nSPS) is 13.7. The number of carbonyl (C=O) groups excluding carboxylic acids is 2. The molecule has 2 aromatic carbocycles. The van der Waals surface area contributed by atoms with E-state index in [2.05, 4.69) is 15.3 Å². The minimum atomic E-state index is -0.241. The van der Waals surface area contributed by atoms with E-state index < -0.39 is 0 Å². The van der Waals surface area contributed by atoms with E-state index in [-0.39, 0.29) is 11.8 Å². The molecule has 5 rings (SSSR count). The molecule has 1 aliphatic heterocycles. The average Bonchev–Trinajstić information content (AvgIpc) is 3.40. The molecule has 0 atom stereocenters. The summed E-state index contributed by atoms with van der Waals surface area (Å²) in [6.45, 7) is 0.731. The predicted octanol–water partition coefficient (Wildman–Crippen LogP) is 4.74. The Hall–Kier alpha value is -3.58. The molecular weight excluding hydrogens is 396 g/mol. The van der Waals surface area contributed by atoms with Crippen molar-refractivity contribution in [3.05, 3.63) is 72.4 Å². The third-order valence-electron chi connectivity index (χ3n) is 5.06. The lowest BCUT2D eigenvalue weighted by Crippen LogP contribution is -2.23. The predicted molar refractivity (Wildman–Crippen MR) is 119 cm³/mol. The van der Waals surface area contributed by atoms with Crippen molar-refractivity contribution in [2.24, 2.45) is 0 Å². The summed E-state index contributed by atoms with van der Waals surface area (Å²) in [5.74, 6) is 0.364. The molecule has 0 unspecified atom stereocenters. The smallest absolute Gasteiger partial charge is 0.256 e. The zero-order valence-corrected chi connectivity index (χ0v) is 16.9. The van der Waals surface area contributed by atoms with Crippen LogP contribution in [-0.2, 0) is 4.79 Å². The number of nitrogens with zero attached hydrogens (tertiary/aromatic N) is 3. The monoisotopic (exact) mass is 414 g/mol. The molecule has 3 heterocycles. The standard InChI is InChI=1S/C23H18N4O2S/c28-21-6-3-13-27(21)17-10-7-15(8-11-17)22(29)26-20-12-9-16(14-24-20)23-25-18-4-1-2-5-19(18)30-23/h1-2,4-5,7-12,14H,3,6,13H2,(H,24,26,29). The van der Waals surface area contributed by atoms with Crippen LogP contribution in [0.25, 0.3) is 20.8 Å². The molecule has 1 aliphatic rings. The van der Waals surface area contributed by atoms with E-state index in [1.165, 1.54) is 0 Å². The number of benzene rings is 2. The maximum Gasteiger partial charge on any atom is 0.256 e. The van der Waals surface area contributed by atoms with Gasteiger partial charge in [0.2, 0.25) is 5.91 Å². The molecule has 0 aliphatic carbocycles. The van der Waals surface area contributed by atoms with E-state index in [9.17, 15) is 9.59 Å². The molecule has 1 N–H and O–H groups in total. The Balaban J connectivity index is 1.28. The molecule has 2 amide bonds. The number of amides is 2. The highest BCUT2D eigenvalue weighted by Gasteiger charge is 2.21. The number of thiazole rings is 1. The van der Waals surface area contributed by atoms with Crippen LogP contribution in [-0.4, -0.2) is 28.3 Å². The summed E-state index contributed by atoms with van der Waals surface area (Å²) in [6.07, 6.45) is 3.18. The summed E-state index contributed by atoms with van der Waals surface area (Å²) in [5.41, 5.74) is 3.22. The van der Waals surface area contributed by atoms with Crippen molar-refractivity contribution in [1.29, 1.82) is 0 Å². The highest BCUT2D eigenvalue weighted by atomic mass is 32.1. The van der Waals surface area contributed by atoms with Crippen LogP contribution < -0.4 is 10.2 Å². The first-order valence-corrected chi connectivity index (χ1v) is 10.5. The van der Waals surface area contributed by atoms with Gasteiger partial charge in [-0.15, -0.1) is 11.3 Å². The van der Waals surface area contributed by atoms with E-state index in [1.807, 2.05) is 42.5 Å². The first-order valence-electron chi connectivity index (χ1n) is 9.71. The number of rotatable bonds is 4. The average molecular weight is 414 g/mol. The largest absolute Gasteiger partial charge is 0.312 e. The molecule has 4 aromatic rings. The summed E-state index contributed by atoms with van der Waals surface area (Å²) in [6, 6.07) is 18.8. The number of anilines is 2. The number of carbonyl (C=O) groups is 2. The Morgan fingerprint density at radius 1 is 1.03 bits per heavy atom. The summed E-state index contributed by atoms with van der Waals surface area (Å²) in [7, 11) is 0. The minimum Gasteiger partial charge on any atom is -0.312 e. The van der Waals surface area contributed by atoms with E-state index in [4.69, 9.17) is 0 Å². The zero-order valence-electron chi connectivity index (χ0n) is 16.0. The van der Waals surface area contributed by atoms with Gasteiger partial charge >= 0.3 is 0 Å². The summed E-state index contributed by atoms with van der Waals surface area (Å²) in [4.78, 5) is 35.1. The van der Waals surface area contributed by atoms with Gasteiger partial charge in [-0.2, -0.15) is 0 Å². The molecule has 0 saturated carbocycles. The van der Waals surface area contributed by atoms with Gasteiger partial charge in [-0.05, 0) is 55.0 Å². The Labute approximate surface area is 177 Å². The molecule has 1 fully saturated rings. The van der Waals surface area contributed by atoms with Gasteiger partial charge in [0.05, 0.1) is 10.2 Å². The van der Waals surface area contributed by atoms with Crippen LogP contribution in [0.3, 0.4) is 0 Å². The van der Waals surface area contributed by atoms with E-state index in [0.717, 1.165) is 39.4 Å². The van der Waals surface area contributed by atoms with Crippen molar-refractivity contribution in [2.75, 3.05) is 16.8 Å². The number of nitrogens with one attached hydrogen (secondary N) is 1. The van der Waals surface area contributed by atoms with Gasteiger partial charge in [-0.3, -0.25) is 9.59 Å².